The first-order chi connectivity index (χ1) is 19.6. The number of nitrogens with zero attached hydrogens (tertiary/aromatic N) is 7. The van der Waals surface area contributed by atoms with Crippen LogP contribution in [0.1, 0.15) is 52.9 Å². The molecule has 42 heavy (non-hydrogen) atoms. The molecule has 0 saturated carbocycles. The van der Waals surface area contributed by atoms with Gasteiger partial charge in [0.1, 0.15) is 17.0 Å². The van der Waals surface area contributed by atoms with E-state index in [4.69, 9.17) is 9.47 Å². The zero-order chi connectivity index (χ0) is 30.6. The minimum atomic E-state index is -0.791. The molecule has 1 aliphatic rings. The smallest absolute Gasteiger partial charge is 0.435 e. The number of hydrogen-bond acceptors (Lipinski definition) is 9. The molecule has 0 unspecified atom stereocenters. The molecule has 0 aliphatic carbocycles. The Balaban J connectivity index is 1.49. The highest BCUT2D eigenvalue weighted by Gasteiger charge is 2.29. The molecule has 1 aromatic carbocycles. The summed E-state index contributed by atoms with van der Waals surface area (Å²) in [4.78, 5) is 33.8. The number of halogens is 1. The van der Waals surface area contributed by atoms with Crippen molar-refractivity contribution in [2.75, 3.05) is 36.4 Å². The highest BCUT2D eigenvalue weighted by Crippen LogP contribution is 2.33. The lowest BCUT2D eigenvalue weighted by Gasteiger charge is -2.36. The van der Waals surface area contributed by atoms with Gasteiger partial charge in [0, 0.05) is 37.9 Å². The van der Waals surface area contributed by atoms with Crippen LogP contribution in [0.5, 0.6) is 0 Å². The van der Waals surface area contributed by atoms with Crippen LogP contribution in [0.25, 0.3) is 16.4 Å². The van der Waals surface area contributed by atoms with Crippen LogP contribution < -0.4 is 10.2 Å². The summed E-state index contributed by atoms with van der Waals surface area (Å²) in [5, 5.41) is 12.2. The summed E-state index contributed by atoms with van der Waals surface area (Å²) >= 11 is 0. The Hall–Kier alpha value is -4.42. The van der Waals surface area contributed by atoms with Gasteiger partial charge in [0.2, 0.25) is 0 Å². The van der Waals surface area contributed by atoms with Crippen molar-refractivity contribution in [2.24, 2.45) is 0 Å². The van der Waals surface area contributed by atoms with Crippen molar-refractivity contribution in [1.29, 1.82) is 0 Å². The van der Waals surface area contributed by atoms with Gasteiger partial charge < -0.3 is 24.6 Å². The molecule has 13 heteroatoms. The standard InChI is InChI=1S/C29H37FN8O4/c1-17-16-37-21(18(2)31-17)15-23(33-37)32-25-24-20(30)13-19(14-22(24)38(34-25)27(40)42-29(6,7)8)35-9-11-36(12-10-35)26(39)41-28(3,4)5/h13-16H,9-12H2,1-8H3,(H,32,33,34). The summed E-state index contributed by atoms with van der Waals surface area (Å²) < 4.78 is 29.7. The van der Waals surface area contributed by atoms with Gasteiger partial charge in [-0.1, -0.05) is 0 Å². The molecule has 5 rings (SSSR count). The summed E-state index contributed by atoms with van der Waals surface area (Å²) in [5.74, 6) is -0.0183. The quantitative estimate of drug-likeness (QED) is 0.339. The monoisotopic (exact) mass is 580 g/mol. The van der Waals surface area contributed by atoms with Crippen molar-refractivity contribution in [3.8, 4) is 0 Å². The molecule has 224 valence electrons. The van der Waals surface area contributed by atoms with Crippen molar-refractivity contribution >= 4 is 45.9 Å². The Labute approximate surface area is 243 Å². The summed E-state index contributed by atoms with van der Waals surface area (Å²) in [6.45, 7) is 16.2. The first-order valence-corrected chi connectivity index (χ1v) is 13.9. The molecular formula is C29H37FN8O4. The zero-order valence-corrected chi connectivity index (χ0v) is 25.3. The van der Waals surface area contributed by atoms with Gasteiger partial charge in [-0.2, -0.15) is 4.68 Å². The van der Waals surface area contributed by atoms with Crippen LogP contribution in [-0.2, 0) is 9.47 Å². The van der Waals surface area contributed by atoms with E-state index in [-0.39, 0.29) is 22.8 Å². The number of benzene rings is 1. The third kappa shape index (κ3) is 6.09. The first kappa shape index (κ1) is 29.1. The molecule has 4 heterocycles. The molecule has 3 aromatic heterocycles. The lowest BCUT2D eigenvalue weighted by molar-refractivity contribution is 0.0240. The number of nitrogens with one attached hydrogen (secondary N) is 1. The highest BCUT2D eigenvalue weighted by atomic mass is 19.1. The van der Waals surface area contributed by atoms with Gasteiger partial charge in [-0.15, -0.1) is 10.2 Å². The summed E-state index contributed by atoms with van der Waals surface area (Å²) in [6.07, 6.45) is 0.675. The Morgan fingerprint density at radius 3 is 2.17 bits per heavy atom. The van der Waals surface area contributed by atoms with E-state index >= 15 is 4.39 Å². The first-order valence-electron chi connectivity index (χ1n) is 13.9. The number of carbonyl (C=O) groups is 2. The summed E-state index contributed by atoms with van der Waals surface area (Å²) in [6, 6.07) is 4.92. The van der Waals surface area contributed by atoms with Crippen LogP contribution in [0.15, 0.2) is 24.4 Å². The molecule has 0 spiro atoms. The van der Waals surface area contributed by atoms with Crippen molar-refractivity contribution in [2.45, 2.75) is 66.6 Å². The summed E-state index contributed by atoms with van der Waals surface area (Å²) in [7, 11) is 0. The van der Waals surface area contributed by atoms with Crippen LogP contribution in [-0.4, -0.2) is 78.8 Å². The number of piperazine rings is 1. The number of ether oxygens (including phenoxy) is 2. The molecular weight excluding hydrogens is 543 g/mol. The van der Waals surface area contributed by atoms with Crippen LogP contribution in [0.2, 0.25) is 0 Å². The lowest BCUT2D eigenvalue weighted by Crippen LogP contribution is -2.50. The molecule has 0 radical (unpaired) electrons. The number of aromatic nitrogens is 5. The molecule has 1 N–H and O–H groups in total. The molecule has 4 aromatic rings. The highest BCUT2D eigenvalue weighted by molar-refractivity contribution is 5.98. The predicted molar refractivity (Wildman–Crippen MR) is 157 cm³/mol. The number of carbonyl (C=O) groups excluding carboxylic acids is 2. The third-order valence-electron chi connectivity index (χ3n) is 6.59. The molecule has 1 amide bonds. The fourth-order valence-corrected chi connectivity index (χ4v) is 4.84. The second kappa shape index (κ2) is 10.4. The number of hydrogen-bond donors (Lipinski definition) is 1. The van der Waals surface area contributed by atoms with Crippen molar-refractivity contribution in [1.82, 2.24) is 29.3 Å². The van der Waals surface area contributed by atoms with E-state index in [0.29, 0.717) is 37.7 Å². The Kier molecular flexibility index (Phi) is 7.23. The Bertz CT molecular complexity index is 1670. The van der Waals surface area contributed by atoms with Gasteiger partial charge >= 0.3 is 12.2 Å². The van der Waals surface area contributed by atoms with Crippen LogP contribution in [0.4, 0.5) is 31.3 Å². The van der Waals surface area contributed by atoms with Crippen molar-refractivity contribution in [3.63, 3.8) is 0 Å². The van der Waals surface area contributed by atoms with Crippen LogP contribution >= 0.6 is 0 Å². The largest absolute Gasteiger partial charge is 0.444 e. The zero-order valence-electron chi connectivity index (χ0n) is 25.3. The van der Waals surface area contributed by atoms with Gasteiger partial charge in [0.15, 0.2) is 11.6 Å². The van der Waals surface area contributed by atoms with Gasteiger partial charge in [-0.05, 0) is 67.5 Å². The number of fused-ring (bicyclic) bond motifs is 2. The van der Waals surface area contributed by atoms with Crippen LogP contribution in [0.3, 0.4) is 0 Å². The number of amides is 1. The summed E-state index contributed by atoms with van der Waals surface area (Å²) in [5.41, 5.74) is 1.81. The molecule has 1 aliphatic heterocycles. The second-order valence-corrected chi connectivity index (χ2v) is 12.5. The normalized spacial score (nSPS) is 14.5. The third-order valence-corrected chi connectivity index (χ3v) is 6.59. The topological polar surface area (TPSA) is 119 Å². The van der Waals surface area contributed by atoms with Gasteiger partial charge in [-0.25, -0.2) is 18.5 Å². The molecule has 1 saturated heterocycles. The maximum atomic E-state index is 15.9. The minimum absolute atomic E-state index is 0.125. The molecule has 1 fully saturated rings. The Morgan fingerprint density at radius 2 is 1.52 bits per heavy atom. The number of rotatable bonds is 3. The average Bonchev–Trinajstić information content (AvgIpc) is 3.44. The molecule has 0 bridgehead atoms. The Morgan fingerprint density at radius 1 is 0.881 bits per heavy atom. The number of anilines is 3. The van der Waals surface area contributed by atoms with E-state index in [1.165, 1.54) is 6.07 Å². The average molecular weight is 581 g/mol. The maximum Gasteiger partial charge on any atom is 0.435 e. The van der Waals surface area contributed by atoms with Gasteiger partial charge in [-0.3, -0.25) is 4.98 Å². The lowest BCUT2D eigenvalue weighted by atomic mass is 10.1. The van der Waals surface area contributed by atoms with E-state index in [9.17, 15) is 9.59 Å². The van der Waals surface area contributed by atoms with E-state index in [2.05, 4.69) is 20.5 Å². The minimum Gasteiger partial charge on any atom is -0.444 e. The van der Waals surface area contributed by atoms with Gasteiger partial charge in [0.05, 0.1) is 34.0 Å². The van der Waals surface area contributed by atoms with Gasteiger partial charge in [0.25, 0.3) is 0 Å². The van der Waals surface area contributed by atoms with Crippen molar-refractivity contribution < 1.29 is 23.5 Å². The fourth-order valence-electron chi connectivity index (χ4n) is 4.84. The fraction of sp³-hybridized carbons (Fsp3) is 0.483. The van der Waals surface area contributed by atoms with E-state index in [1.54, 1.807) is 48.5 Å². The van der Waals surface area contributed by atoms with E-state index in [1.807, 2.05) is 39.5 Å². The van der Waals surface area contributed by atoms with E-state index < -0.39 is 23.1 Å². The maximum absolute atomic E-state index is 15.9. The number of aryl methyl sites for hydroxylation is 2. The predicted octanol–water partition coefficient (Wildman–Crippen LogP) is 5.42. The van der Waals surface area contributed by atoms with E-state index in [0.717, 1.165) is 21.6 Å². The molecule has 0 atom stereocenters. The van der Waals surface area contributed by atoms with Crippen LogP contribution in [0, 0.1) is 19.7 Å². The molecule has 12 nitrogen and oxygen atoms in total. The van der Waals surface area contributed by atoms with Crippen molar-refractivity contribution in [3.05, 3.63) is 41.6 Å². The second-order valence-electron chi connectivity index (χ2n) is 12.5. The SMILES string of the molecule is Cc1cn2nc(Nc3nn(C(=O)OC(C)(C)C)c4cc(N5CCN(C(=O)OC(C)(C)C)CC5)cc(F)c34)cc2c(C)n1.